The fraction of sp³-hybridized carbons (Fsp3) is 0.500. The molecule has 1 unspecified atom stereocenters. The minimum Gasteiger partial charge on any atom is -0.389 e. The van der Waals surface area contributed by atoms with E-state index in [1.807, 2.05) is 18.2 Å². The summed E-state index contributed by atoms with van der Waals surface area (Å²) in [7, 11) is 0. The van der Waals surface area contributed by atoms with Crippen LogP contribution in [0.2, 0.25) is 5.02 Å². The molecule has 0 spiro atoms. The Morgan fingerprint density at radius 2 is 2.33 bits per heavy atom. The van der Waals surface area contributed by atoms with Crippen LogP contribution in [-0.4, -0.2) is 18.1 Å². The van der Waals surface area contributed by atoms with E-state index in [0.717, 1.165) is 35.3 Å². The number of benzene rings is 1. The summed E-state index contributed by atoms with van der Waals surface area (Å²) in [6.45, 7) is 4.39. The highest BCUT2D eigenvalue weighted by atomic mass is 35.5. The highest BCUT2D eigenvalue weighted by molar-refractivity contribution is 7.80. The topological polar surface area (TPSA) is 29.3 Å². The molecule has 0 bridgehead atoms. The van der Waals surface area contributed by atoms with Gasteiger partial charge in [-0.25, -0.2) is 0 Å². The average Bonchev–Trinajstić information content (AvgIpc) is 2.38. The van der Waals surface area contributed by atoms with E-state index in [4.69, 9.17) is 29.6 Å². The molecule has 98 valence electrons. The molecule has 0 aliphatic carbocycles. The summed E-state index contributed by atoms with van der Waals surface area (Å²) in [5.41, 5.74) is 7.83. The molecule has 2 N–H and O–H groups in total. The zero-order valence-corrected chi connectivity index (χ0v) is 12.2. The zero-order chi connectivity index (χ0) is 13.1. The molecule has 1 saturated heterocycles. The van der Waals surface area contributed by atoms with Gasteiger partial charge in [0.25, 0.3) is 0 Å². The third kappa shape index (κ3) is 2.96. The molecule has 1 aliphatic rings. The number of rotatable bonds is 3. The SMILES string of the molecule is CCC1CCCN(c2cc(Cl)ccc2C(N)=S)C1. The van der Waals surface area contributed by atoms with Crippen LogP contribution < -0.4 is 10.6 Å². The Bertz CT molecular complexity index is 447. The molecule has 1 aromatic rings. The number of anilines is 1. The van der Waals surface area contributed by atoms with E-state index in [-0.39, 0.29) is 0 Å². The molecule has 4 heteroatoms. The van der Waals surface area contributed by atoms with E-state index in [9.17, 15) is 0 Å². The van der Waals surface area contributed by atoms with Gasteiger partial charge in [-0.3, -0.25) is 0 Å². The number of nitrogens with zero attached hydrogens (tertiary/aromatic N) is 1. The molecular weight excluding hydrogens is 264 g/mol. The summed E-state index contributed by atoms with van der Waals surface area (Å²) in [5, 5.41) is 0.739. The van der Waals surface area contributed by atoms with Crippen molar-refractivity contribution in [2.75, 3.05) is 18.0 Å². The van der Waals surface area contributed by atoms with Crippen molar-refractivity contribution in [3.05, 3.63) is 28.8 Å². The fourth-order valence-corrected chi connectivity index (χ4v) is 2.93. The molecule has 2 rings (SSSR count). The summed E-state index contributed by atoms with van der Waals surface area (Å²) < 4.78 is 0. The Labute approximate surface area is 119 Å². The van der Waals surface area contributed by atoms with Crippen molar-refractivity contribution >= 4 is 34.5 Å². The van der Waals surface area contributed by atoms with Crippen molar-refractivity contribution in [3.63, 3.8) is 0 Å². The lowest BCUT2D eigenvalue weighted by Gasteiger charge is -2.35. The molecule has 0 radical (unpaired) electrons. The molecule has 18 heavy (non-hydrogen) atoms. The van der Waals surface area contributed by atoms with E-state index in [0.29, 0.717) is 4.99 Å². The number of piperidine rings is 1. The van der Waals surface area contributed by atoms with E-state index < -0.39 is 0 Å². The van der Waals surface area contributed by atoms with E-state index >= 15 is 0 Å². The van der Waals surface area contributed by atoms with Gasteiger partial charge < -0.3 is 10.6 Å². The van der Waals surface area contributed by atoms with Gasteiger partial charge in [-0.05, 0) is 37.0 Å². The first-order valence-electron chi connectivity index (χ1n) is 6.46. The molecule has 1 fully saturated rings. The van der Waals surface area contributed by atoms with Crippen LogP contribution in [0.3, 0.4) is 0 Å². The third-order valence-corrected chi connectivity index (χ3v) is 4.12. The summed E-state index contributed by atoms with van der Waals surface area (Å²) in [6, 6.07) is 5.75. The van der Waals surface area contributed by atoms with Gasteiger partial charge in [0, 0.05) is 29.4 Å². The van der Waals surface area contributed by atoms with Crippen LogP contribution in [0.4, 0.5) is 5.69 Å². The summed E-state index contributed by atoms with van der Waals surface area (Å²) in [5.74, 6) is 0.761. The predicted molar refractivity (Wildman–Crippen MR) is 82.6 cm³/mol. The Kier molecular flexibility index (Phi) is 4.46. The lowest BCUT2D eigenvalue weighted by molar-refractivity contribution is 0.404. The molecule has 0 aromatic heterocycles. The van der Waals surface area contributed by atoms with Crippen LogP contribution in [-0.2, 0) is 0 Å². The maximum Gasteiger partial charge on any atom is 0.106 e. The van der Waals surface area contributed by atoms with Crippen molar-refractivity contribution in [1.82, 2.24) is 0 Å². The van der Waals surface area contributed by atoms with Crippen LogP contribution in [0.1, 0.15) is 31.7 Å². The lowest BCUT2D eigenvalue weighted by atomic mass is 9.94. The minimum atomic E-state index is 0.445. The van der Waals surface area contributed by atoms with Crippen LogP contribution in [0.15, 0.2) is 18.2 Å². The molecule has 1 atom stereocenters. The average molecular weight is 283 g/mol. The smallest absolute Gasteiger partial charge is 0.106 e. The van der Waals surface area contributed by atoms with Crippen LogP contribution in [0, 0.1) is 5.92 Å². The van der Waals surface area contributed by atoms with Crippen molar-refractivity contribution in [1.29, 1.82) is 0 Å². The Balaban J connectivity index is 2.31. The van der Waals surface area contributed by atoms with Crippen molar-refractivity contribution in [2.24, 2.45) is 11.7 Å². The van der Waals surface area contributed by atoms with Crippen molar-refractivity contribution in [2.45, 2.75) is 26.2 Å². The first-order valence-corrected chi connectivity index (χ1v) is 7.24. The number of hydrogen-bond acceptors (Lipinski definition) is 2. The predicted octanol–water partition coefficient (Wildman–Crippen LogP) is 3.60. The van der Waals surface area contributed by atoms with Gasteiger partial charge in [0.2, 0.25) is 0 Å². The highest BCUT2D eigenvalue weighted by Gasteiger charge is 2.21. The third-order valence-electron chi connectivity index (χ3n) is 3.66. The van der Waals surface area contributed by atoms with Gasteiger partial charge in [-0.15, -0.1) is 0 Å². The molecule has 1 heterocycles. The van der Waals surface area contributed by atoms with Gasteiger partial charge in [0.15, 0.2) is 0 Å². The van der Waals surface area contributed by atoms with Crippen LogP contribution in [0.5, 0.6) is 0 Å². The van der Waals surface area contributed by atoms with E-state index in [2.05, 4.69) is 11.8 Å². The second-order valence-electron chi connectivity index (χ2n) is 4.89. The maximum absolute atomic E-state index is 6.10. The number of nitrogens with two attached hydrogens (primary N) is 1. The quantitative estimate of drug-likeness (QED) is 0.859. The van der Waals surface area contributed by atoms with Crippen molar-refractivity contribution < 1.29 is 0 Å². The fourth-order valence-electron chi connectivity index (χ4n) is 2.59. The minimum absolute atomic E-state index is 0.445. The second-order valence-corrected chi connectivity index (χ2v) is 5.76. The first-order chi connectivity index (χ1) is 8.61. The molecule has 0 amide bonds. The number of hydrogen-bond donors (Lipinski definition) is 1. The molecule has 0 saturated carbocycles. The molecule has 1 aromatic carbocycles. The number of thiocarbonyl (C=S) groups is 1. The number of halogens is 1. The largest absolute Gasteiger partial charge is 0.389 e. The van der Waals surface area contributed by atoms with Gasteiger partial charge in [0.05, 0.1) is 0 Å². The summed E-state index contributed by atoms with van der Waals surface area (Å²) in [4.78, 5) is 2.82. The maximum atomic E-state index is 6.10. The van der Waals surface area contributed by atoms with Gasteiger partial charge in [0.1, 0.15) is 4.99 Å². The zero-order valence-electron chi connectivity index (χ0n) is 10.7. The molecular formula is C14H19ClN2S. The molecule has 1 aliphatic heterocycles. The second kappa shape index (κ2) is 5.89. The van der Waals surface area contributed by atoms with E-state index in [1.165, 1.54) is 19.3 Å². The monoisotopic (exact) mass is 282 g/mol. The Morgan fingerprint density at radius 1 is 1.56 bits per heavy atom. The van der Waals surface area contributed by atoms with E-state index in [1.54, 1.807) is 0 Å². The highest BCUT2D eigenvalue weighted by Crippen LogP contribution is 2.30. The molecule has 2 nitrogen and oxygen atoms in total. The van der Waals surface area contributed by atoms with Gasteiger partial charge >= 0.3 is 0 Å². The van der Waals surface area contributed by atoms with Gasteiger partial charge in [-0.2, -0.15) is 0 Å². The Morgan fingerprint density at radius 3 is 3.00 bits per heavy atom. The normalized spacial score (nSPS) is 19.9. The summed E-state index contributed by atoms with van der Waals surface area (Å²) >= 11 is 11.2. The standard InChI is InChI=1S/C14H19ClN2S/c1-2-10-4-3-7-17(9-10)13-8-11(15)5-6-12(13)14(16)18/h5-6,8,10H,2-4,7,9H2,1H3,(H2,16,18). The van der Waals surface area contributed by atoms with Crippen LogP contribution in [0.25, 0.3) is 0 Å². The lowest BCUT2D eigenvalue weighted by Crippen LogP contribution is -2.36. The van der Waals surface area contributed by atoms with Crippen LogP contribution >= 0.6 is 23.8 Å². The first kappa shape index (κ1) is 13.6. The van der Waals surface area contributed by atoms with Crippen molar-refractivity contribution in [3.8, 4) is 0 Å². The van der Waals surface area contributed by atoms with Gasteiger partial charge in [-0.1, -0.05) is 37.2 Å². The Hall–Kier alpha value is -0.800. The summed E-state index contributed by atoms with van der Waals surface area (Å²) in [6.07, 6.45) is 3.76.